The number of ether oxygens (including phenoxy) is 1. The largest absolute Gasteiger partial charge is 0.497 e. The molecule has 6 nitrogen and oxygen atoms in total. The van der Waals surface area contributed by atoms with Gasteiger partial charge in [0.25, 0.3) is 0 Å². The smallest absolute Gasteiger partial charge is 0.227 e. The summed E-state index contributed by atoms with van der Waals surface area (Å²) in [5.74, 6) is 1.91. The molecule has 2 aromatic rings. The Morgan fingerprint density at radius 1 is 1.06 bits per heavy atom. The van der Waals surface area contributed by atoms with Crippen LogP contribution in [0.15, 0.2) is 53.5 Å². The molecule has 31 heavy (non-hydrogen) atoms. The zero-order valence-electron chi connectivity index (χ0n) is 18.3. The van der Waals surface area contributed by atoms with Gasteiger partial charge in [0.2, 0.25) is 5.91 Å². The van der Waals surface area contributed by atoms with Crippen LogP contribution in [0.5, 0.6) is 5.75 Å². The third-order valence-corrected chi connectivity index (χ3v) is 5.30. The highest BCUT2D eigenvalue weighted by Crippen LogP contribution is 2.26. The quantitative estimate of drug-likeness (QED) is 0.260. The molecule has 3 rings (SSSR count). The van der Waals surface area contributed by atoms with E-state index in [9.17, 15) is 4.79 Å². The number of nitrogens with one attached hydrogen (secondary N) is 3. The summed E-state index contributed by atoms with van der Waals surface area (Å²) < 4.78 is 5.20. The van der Waals surface area contributed by atoms with Crippen LogP contribution in [0.1, 0.15) is 43.7 Å². The van der Waals surface area contributed by atoms with Crippen LogP contribution in [0, 0.1) is 5.92 Å². The molecule has 2 aromatic carbocycles. The molecule has 1 fully saturated rings. The van der Waals surface area contributed by atoms with Crippen LogP contribution in [-0.2, 0) is 17.9 Å². The summed E-state index contributed by atoms with van der Waals surface area (Å²) in [4.78, 5) is 17.1. The highest BCUT2D eigenvalue weighted by atomic mass is 127. The van der Waals surface area contributed by atoms with Gasteiger partial charge in [-0.05, 0) is 55.2 Å². The first kappa shape index (κ1) is 25.0. The van der Waals surface area contributed by atoms with Gasteiger partial charge in [0.05, 0.1) is 13.7 Å². The summed E-state index contributed by atoms with van der Waals surface area (Å²) >= 11 is 0. The van der Waals surface area contributed by atoms with Crippen LogP contribution in [0.25, 0.3) is 0 Å². The molecule has 168 valence electrons. The average molecular weight is 536 g/mol. The minimum atomic E-state index is 0. The molecule has 0 aromatic heterocycles. The fraction of sp³-hybridized carbons (Fsp3) is 0.417. The number of methoxy groups -OCH3 is 1. The first-order chi connectivity index (χ1) is 14.7. The monoisotopic (exact) mass is 536 g/mol. The molecule has 1 aliphatic rings. The van der Waals surface area contributed by atoms with Gasteiger partial charge in [-0.3, -0.25) is 4.79 Å². The first-order valence-corrected chi connectivity index (χ1v) is 10.7. The molecule has 0 atom stereocenters. The van der Waals surface area contributed by atoms with E-state index in [-0.39, 0.29) is 35.8 Å². The number of carbonyl (C=O) groups is 1. The zero-order chi connectivity index (χ0) is 21.2. The van der Waals surface area contributed by atoms with Crippen LogP contribution in [0.3, 0.4) is 0 Å². The van der Waals surface area contributed by atoms with E-state index < -0.39 is 0 Å². The summed E-state index contributed by atoms with van der Waals surface area (Å²) in [5, 5.41) is 9.70. The maximum atomic E-state index is 12.4. The van der Waals surface area contributed by atoms with Crippen molar-refractivity contribution in [3.05, 3.63) is 59.7 Å². The van der Waals surface area contributed by atoms with E-state index in [1.807, 2.05) is 55.5 Å². The van der Waals surface area contributed by atoms with Crippen molar-refractivity contribution in [1.82, 2.24) is 10.6 Å². The fourth-order valence-electron chi connectivity index (χ4n) is 3.62. The van der Waals surface area contributed by atoms with Gasteiger partial charge in [-0.2, -0.15) is 0 Å². The second kappa shape index (κ2) is 13.2. The van der Waals surface area contributed by atoms with E-state index >= 15 is 0 Å². The Hall–Kier alpha value is -2.29. The molecule has 0 unspecified atom stereocenters. The Morgan fingerprint density at radius 3 is 2.48 bits per heavy atom. The van der Waals surface area contributed by atoms with Gasteiger partial charge >= 0.3 is 0 Å². The Kier molecular flexibility index (Phi) is 10.6. The topological polar surface area (TPSA) is 74.8 Å². The first-order valence-electron chi connectivity index (χ1n) is 10.7. The summed E-state index contributed by atoms with van der Waals surface area (Å²) in [6.45, 7) is 4.04. The molecule has 0 bridgehead atoms. The van der Waals surface area contributed by atoms with E-state index in [0.29, 0.717) is 13.1 Å². The van der Waals surface area contributed by atoms with Gasteiger partial charge in [0.15, 0.2) is 5.96 Å². The van der Waals surface area contributed by atoms with E-state index in [0.717, 1.165) is 60.8 Å². The number of nitrogens with zero attached hydrogens (tertiary/aromatic N) is 1. The highest BCUT2D eigenvalue weighted by Gasteiger charge is 2.22. The van der Waals surface area contributed by atoms with E-state index in [1.54, 1.807) is 7.11 Å². The third kappa shape index (κ3) is 8.05. The van der Waals surface area contributed by atoms with Gasteiger partial charge in [0.1, 0.15) is 5.75 Å². The summed E-state index contributed by atoms with van der Waals surface area (Å²) in [6, 6.07) is 15.9. The fourth-order valence-corrected chi connectivity index (χ4v) is 3.62. The van der Waals surface area contributed by atoms with Crippen LogP contribution in [0.2, 0.25) is 0 Å². The SMILES string of the molecule is CCNC(=NCc1cccc(NC(=O)C2CCCC2)c1)NCc1ccc(OC)cc1.I. The number of amides is 1. The van der Waals surface area contributed by atoms with Crippen molar-refractivity contribution in [2.45, 2.75) is 45.7 Å². The highest BCUT2D eigenvalue weighted by molar-refractivity contribution is 14.0. The van der Waals surface area contributed by atoms with Crippen molar-refractivity contribution in [3.8, 4) is 5.75 Å². The number of carbonyl (C=O) groups excluding carboxylic acids is 1. The molecule has 1 saturated carbocycles. The Balaban J connectivity index is 0.00000341. The maximum Gasteiger partial charge on any atom is 0.227 e. The Labute approximate surface area is 202 Å². The minimum Gasteiger partial charge on any atom is -0.497 e. The van der Waals surface area contributed by atoms with Crippen LogP contribution >= 0.6 is 24.0 Å². The van der Waals surface area contributed by atoms with Crippen molar-refractivity contribution < 1.29 is 9.53 Å². The molecule has 1 amide bonds. The van der Waals surface area contributed by atoms with Crippen molar-refractivity contribution in [3.63, 3.8) is 0 Å². The molecule has 0 spiro atoms. The van der Waals surface area contributed by atoms with Crippen LogP contribution in [0.4, 0.5) is 5.69 Å². The van der Waals surface area contributed by atoms with Crippen molar-refractivity contribution >= 4 is 41.5 Å². The zero-order valence-corrected chi connectivity index (χ0v) is 20.6. The molecule has 0 heterocycles. The Morgan fingerprint density at radius 2 is 1.81 bits per heavy atom. The second-order valence-electron chi connectivity index (χ2n) is 7.57. The van der Waals surface area contributed by atoms with Crippen molar-refractivity contribution in [2.75, 3.05) is 19.0 Å². The number of benzene rings is 2. The molecule has 0 saturated heterocycles. The lowest BCUT2D eigenvalue weighted by molar-refractivity contribution is -0.119. The molecular formula is C24H33IN4O2. The van der Waals surface area contributed by atoms with Crippen molar-refractivity contribution in [2.24, 2.45) is 10.9 Å². The number of hydrogen-bond acceptors (Lipinski definition) is 3. The number of guanidine groups is 1. The summed E-state index contributed by atoms with van der Waals surface area (Å²) in [7, 11) is 1.67. The number of aliphatic imine (C=N–C) groups is 1. The van der Waals surface area contributed by atoms with E-state index in [2.05, 4.69) is 20.9 Å². The van der Waals surface area contributed by atoms with Crippen LogP contribution in [-0.4, -0.2) is 25.5 Å². The Bertz CT molecular complexity index is 849. The predicted molar refractivity (Wildman–Crippen MR) is 137 cm³/mol. The van der Waals surface area contributed by atoms with E-state index in [4.69, 9.17) is 4.74 Å². The minimum absolute atomic E-state index is 0. The second-order valence-corrected chi connectivity index (χ2v) is 7.57. The van der Waals surface area contributed by atoms with E-state index in [1.165, 1.54) is 0 Å². The van der Waals surface area contributed by atoms with Crippen LogP contribution < -0.4 is 20.7 Å². The standard InChI is InChI=1S/C24H32N4O2.HI/c1-3-25-24(26-16-18-11-13-22(30-2)14-12-18)27-17-19-7-6-10-21(15-19)28-23(29)20-8-4-5-9-20;/h6-7,10-15,20H,3-5,8-9,16-17H2,1-2H3,(H,28,29)(H2,25,26,27);1H. The molecule has 3 N–H and O–H groups in total. The number of rotatable bonds is 8. The molecule has 7 heteroatoms. The molecule has 0 aliphatic heterocycles. The summed E-state index contributed by atoms with van der Waals surface area (Å²) in [6.07, 6.45) is 4.32. The molecule has 0 radical (unpaired) electrons. The van der Waals surface area contributed by atoms with Gasteiger partial charge in [-0.15, -0.1) is 24.0 Å². The lowest BCUT2D eigenvalue weighted by Gasteiger charge is -2.13. The number of anilines is 1. The third-order valence-electron chi connectivity index (χ3n) is 5.30. The summed E-state index contributed by atoms with van der Waals surface area (Å²) in [5.41, 5.74) is 3.05. The maximum absolute atomic E-state index is 12.4. The average Bonchev–Trinajstić information content (AvgIpc) is 3.31. The molecular weight excluding hydrogens is 503 g/mol. The van der Waals surface area contributed by atoms with Gasteiger partial charge in [-0.25, -0.2) is 4.99 Å². The normalized spacial score (nSPS) is 13.9. The number of halogens is 1. The lowest BCUT2D eigenvalue weighted by atomic mass is 10.1. The lowest BCUT2D eigenvalue weighted by Crippen LogP contribution is -2.36. The van der Waals surface area contributed by atoms with Gasteiger partial charge in [-0.1, -0.05) is 37.1 Å². The van der Waals surface area contributed by atoms with Gasteiger partial charge < -0.3 is 20.7 Å². The van der Waals surface area contributed by atoms with Gasteiger partial charge in [0, 0.05) is 24.7 Å². The number of hydrogen-bond donors (Lipinski definition) is 3. The predicted octanol–water partition coefficient (Wildman–Crippen LogP) is 4.70. The van der Waals surface area contributed by atoms with Crippen molar-refractivity contribution in [1.29, 1.82) is 0 Å². The molecule has 1 aliphatic carbocycles.